The van der Waals surface area contributed by atoms with Crippen LogP contribution in [0.15, 0.2) is 67.0 Å². The fraction of sp³-hybridized carbons (Fsp3) is 0.150. The monoisotopic (exact) mass is 399 g/mol. The molecule has 1 amide bonds. The van der Waals surface area contributed by atoms with E-state index >= 15 is 0 Å². The Morgan fingerprint density at radius 3 is 2.36 bits per heavy atom. The summed E-state index contributed by atoms with van der Waals surface area (Å²) in [4.78, 5) is 12.4. The van der Waals surface area contributed by atoms with E-state index in [1.165, 1.54) is 13.2 Å². The zero-order valence-electron chi connectivity index (χ0n) is 15.5. The number of nitrogens with one attached hydrogen (secondary N) is 2. The van der Waals surface area contributed by atoms with Gasteiger partial charge in [0.2, 0.25) is 15.9 Å². The normalized spacial score (nSPS) is 11.1. The maximum Gasteiger partial charge on any atom is 0.229 e. The number of methoxy groups -OCH3 is 1. The van der Waals surface area contributed by atoms with Crippen LogP contribution >= 0.6 is 0 Å². The minimum absolute atomic E-state index is 0.201. The molecule has 1 heterocycles. The van der Waals surface area contributed by atoms with E-state index in [-0.39, 0.29) is 18.0 Å². The largest absolute Gasteiger partial charge is 0.495 e. The van der Waals surface area contributed by atoms with Crippen molar-refractivity contribution < 1.29 is 17.9 Å². The van der Waals surface area contributed by atoms with E-state index in [2.05, 4.69) is 10.0 Å². The molecule has 146 valence electrons. The Morgan fingerprint density at radius 1 is 1.07 bits per heavy atom. The SMILES string of the molecule is COc1ccc(NC(=O)Cc2ccc(-n3cccc3)cc2)cc1NS(C)(=O)=O. The van der Waals surface area contributed by atoms with E-state index in [0.717, 1.165) is 17.5 Å². The fourth-order valence-corrected chi connectivity index (χ4v) is 3.31. The molecule has 0 atom stereocenters. The number of nitrogens with zero attached hydrogens (tertiary/aromatic N) is 1. The zero-order chi connectivity index (χ0) is 20.1. The van der Waals surface area contributed by atoms with Crippen molar-refractivity contribution in [3.63, 3.8) is 0 Å². The Balaban J connectivity index is 1.68. The van der Waals surface area contributed by atoms with Crippen LogP contribution in [0.2, 0.25) is 0 Å². The van der Waals surface area contributed by atoms with Crippen molar-refractivity contribution in [2.75, 3.05) is 23.4 Å². The third kappa shape index (κ3) is 5.14. The number of hydrogen-bond acceptors (Lipinski definition) is 4. The van der Waals surface area contributed by atoms with Gasteiger partial charge in [0, 0.05) is 23.8 Å². The van der Waals surface area contributed by atoms with Crippen molar-refractivity contribution in [2.45, 2.75) is 6.42 Å². The highest BCUT2D eigenvalue weighted by atomic mass is 32.2. The van der Waals surface area contributed by atoms with Crippen LogP contribution in [0.5, 0.6) is 5.75 Å². The first-order valence-electron chi connectivity index (χ1n) is 8.52. The van der Waals surface area contributed by atoms with Crippen molar-refractivity contribution in [3.05, 3.63) is 72.6 Å². The van der Waals surface area contributed by atoms with Crippen LogP contribution in [0, 0.1) is 0 Å². The molecule has 2 N–H and O–H groups in total. The van der Waals surface area contributed by atoms with Gasteiger partial charge >= 0.3 is 0 Å². The first-order chi connectivity index (χ1) is 13.3. The van der Waals surface area contributed by atoms with Gasteiger partial charge in [-0.15, -0.1) is 0 Å². The molecule has 0 saturated carbocycles. The Hall–Kier alpha value is -3.26. The molecule has 0 spiro atoms. The molecular weight excluding hydrogens is 378 g/mol. The standard InChI is InChI=1S/C20H21N3O4S/c1-27-19-10-7-16(14-18(19)22-28(2,25)26)21-20(24)13-15-5-8-17(9-6-15)23-11-3-4-12-23/h3-12,14,22H,13H2,1-2H3,(H,21,24). The Labute approximate surface area is 164 Å². The van der Waals surface area contributed by atoms with Crippen LogP contribution in [0.4, 0.5) is 11.4 Å². The average Bonchev–Trinajstić information content (AvgIpc) is 3.16. The smallest absolute Gasteiger partial charge is 0.229 e. The lowest BCUT2D eigenvalue weighted by Crippen LogP contribution is -2.15. The Morgan fingerprint density at radius 2 is 1.75 bits per heavy atom. The number of ether oxygens (including phenoxy) is 1. The molecule has 0 aliphatic rings. The van der Waals surface area contributed by atoms with Crippen LogP contribution in [0.25, 0.3) is 5.69 Å². The molecule has 7 nitrogen and oxygen atoms in total. The number of anilines is 2. The van der Waals surface area contributed by atoms with Gasteiger partial charge in [0.15, 0.2) is 0 Å². The first kappa shape index (κ1) is 19.5. The van der Waals surface area contributed by atoms with Gasteiger partial charge in [-0.05, 0) is 48.0 Å². The lowest BCUT2D eigenvalue weighted by Gasteiger charge is -2.12. The summed E-state index contributed by atoms with van der Waals surface area (Å²) in [5, 5.41) is 2.78. The number of carbonyl (C=O) groups is 1. The molecule has 0 unspecified atom stereocenters. The second kappa shape index (κ2) is 8.18. The van der Waals surface area contributed by atoms with Crippen LogP contribution < -0.4 is 14.8 Å². The lowest BCUT2D eigenvalue weighted by atomic mass is 10.1. The Bertz CT molecular complexity index is 1060. The lowest BCUT2D eigenvalue weighted by molar-refractivity contribution is -0.115. The molecule has 3 rings (SSSR count). The molecule has 8 heteroatoms. The second-order valence-electron chi connectivity index (χ2n) is 6.27. The third-order valence-electron chi connectivity index (χ3n) is 3.98. The predicted molar refractivity (Wildman–Crippen MR) is 110 cm³/mol. The van der Waals surface area contributed by atoms with E-state index in [0.29, 0.717) is 11.4 Å². The Kier molecular flexibility index (Phi) is 5.70. The van der Waals surface area contributed by atoms with E-state index in [1.54, 1.807) is 12.1 Å². The van der Waals surface area contributed by atoms with Gasteiger partial charge in [-0.25, -0.2) is 8.42 Å². The highest BCUT2D eigenvalue weighted by Gasteiger charge is 2.11. The number of sulfonamides is 1. The molecule has 0 aliphatic carbocycles. The number of rotatable bonds is 7. The van der Waals surface area contributed by atoms with Gasteiger partial charge in [-0.2, -0.15) is 0 Å². The summed E-state index contributed by atoms with van der Waals surface area (Å²) < 4.78 is 32.5. The highest BCUT2D eigenvalue weighted by molar-refractivity contribution is 7.92. The van der Waals surface area contributed by atoms with Crippen molar-refractivity contribution in [1.82, 2.24) is 4.57 Å². The second-order valence-corrected chi connectivity index (χ2v) is 8.02. The number of amides is 1. The van der Waals surface area contributed by atoms with E-state index < -0.39 is 10.0 Å². The zero-order valence-corrected chi connectivity index (χ0v) is 16.4. The van der Waals surface area contributed by atoms with Gasteiger partial charge in [0.25, 0.3) is 0 Å². The van der Waals surface area contributed by atoms with E-state index in [1.807, 2.05) is 53.4 Å². The van der Waals surface area contributed by atoms with Crippen molar-refractivity contribution >= 4 is 27.3 Å². The molecule has 28 heavy (non-hydrogen) atoms. The molecule has 0 radical (unpaired) electrons. The molecule has 0 saturated heterocycles. The summed E-state index contributed by atoms with van der Waals surface area (Å²) in [6.07, 6.45) is 5.16. The number of hydrogen-bond donors (Lipinski definition) is 2. The summed E-state index contributed by atoms with van der Waals surface area (Å²) in [6.45, 7) is 0. The maximum absolute atomic E-state index is 12.4. The first-order valence-corrected chi connectivity index (χ1v) is 10.4. The van der Waals surface area contributed by atoms with Gasteiger partial charge in [-0.3, -0.25) is 9.52 Å². The van der Waals surface area contributed by atoms with Crippen molar-refractivity contribution in [1.29, 1.82) is 0 Å². The molecule has 1 aromatic heterocycles. The fourth-order valence-electron chi connectivity index (χ4n) is 2.75. The topological polar surface area (TPSA) is 89.4 Å². The highest BCUT2D eigenvalue weighted by Crippen LogP contribution is 2.28. The summed E-state index contributed by atoms with van der Waals surface area (Å²) in [5.74, 6) is 0.160. The van der Waals surface area contributed by atoms with Gasteiger partial charge in [-0.1, -0.05) is 12.1 Å². The molecule has 3 aromatic rings. The van der Waals surface area contributed by atoms with Gasteiger partial charge < -0.3 is 14.6 Å². The van der Waals surface area contributed by atoms with Gasteiger partial charge in [0.1, 0.15) is 5.75 Å². The van der Waals surface area contributed by atoms with Crippen molar-refractivity contribution in [3.8, 4) is 11.4 Å². The maximum atomic E-state index is 12.4. The molecule has 0 bridgehead atoms. The quantitative estimate of drug-likeness (QED) is 0.639. The van der Waals surface area contributed by atoms with Crippen LogP contribution in [0.3, 0.4) is 0 Å². The molecular formula is C20H21N3O4S. The molecule has 0 aliphatic heterocycles. The number of carbonyl (C=O) groups excluding carboxylic acids is 1. The number of aromatic nitrogens is 1. The van der Waals surface area contributed by atoms with Crippen LogP contribution in [0.1, 0.15) is 5.56 Å². The third-order valence-corrected chi connectivity index (χ3v) is 4.57. The van der Waals surface area contributed by atoms with E-state index in [4.69, 9.17) is 4.74 Å². The summed E-state index contributed by atoms with van der Waals surface area (Å²) >= 11 is 0. The number of benzene rings is 2. The average molecular weight is 399 g/mol. The van der Waals surface area contributed by atoms with Crippen LogP contribution in [-0.4, -0.2) is 32.3 Å². The predicted octanol–water partition coefficient (Wildman–Crippen LogP) is 3.04. The van der Waals surface area contributed by atoms with Crippen molar-refractivity contribution in [2.24, 2.45) is 0 Å². The summed E-state index contributed by atoms with van der Waals surface area (Å²) in [7, 11) is -2.03. The minimum Gasteiger partial charge on any atom is -0.495 e. The summed E-state index contributed by atoms with van der Waals surface area (Å²) in [6, 6.07) is 16.4. The molecule has 2 aromatic carbocycles. The van der Waals surface area contributed by atoms with E-state index in [9.17, 15) is 13.2 Å². The molecule has 0 fully saturated rings. The van der Waals surface area contributed by atoms with Crippen LogP contribution in [-0.2, 0) is 21.2 Å². The van der Waals surface area contributed by atoms with Gasteiger partial charge in [0.05, 0.1) is 25.5 Å². The summed E-state index contributed by atoms with van der Waals surface area (Å²) in [5.41, 5.74) is 2.62. The minimum atomic E-state index is -3.47.